The Morgan fingerprint density at radius 2 is 1.89 bits per heavy atom. The average molecular weight is 255 g/mol. The van der Waals surface area contributed by atoms with Gasteiger partial charge in [-0.2, -0.15) is 0 Å². The lowest BCUT2D eigenvalue weighted by molar-refractivity contribution is 0.0924. The van der Waals surface area contributed by atoms with Crippen LogP contribution in [0.4, 0.5) is 0 Å². The molecule has 0 atom stereocenters. The number of carbonyl (C=O) groups excluding carboxylic acids is 1. The zero-order valence-corrected chi connectivity index (χ0v) is 11.7. The standard InChI is InChI=1S/C17H21NO/c1-12(2)14-7-9-18-10-8-15(16(18)11-14)17(19)13-5-3-4-6-13/h7-13H,3-6H2,1-2H3. The van der Waals surface area contributed by atoms with Gasteiger partial charge < -0.3 is 4.40 Å². The number of nitrogens with zero attached hydrogens (tertiary/aromatic N) is 1. The molecule has 0 amide bonds. The van der Waals surface area contributed by atoms with Gasteiger partial charge in [-0.25, -0.2) is 0 Å². The lowest BCUT2D eigenvalue weighted by Gasteiger charge is -2.09. The Labute approximate surface area is 114 Å². The molecule has 0 radical (unpaired) electrons. The molecule has 1 fully saturated rings. The molecule has 2 heteroatoms. The molecule has 0 spiro atoms. The van der Waals surface area contributed by atoms with Crippen molar-refractivity contribution in [2.24, 2.45) is 5.92 Å². The van der Waals surface area contributed by atoms with Gasteiger partial charge in [-0.3, -0.25) is 4.79 Å². The van der Waals surface area contributed by atoms with E-state index < -0.39 is 0 Å². The van der Waals surface area contributed by atoms with Gasteiger partial charge in [0.15, 0.2) is 5.78 Å². The van der Waals surface area contributed by atoms with Crippen LogP contribution in [-0.4, -0.2) is 10.2 Å². The summed E-state index contributed by atoms with van der Waals surface area (Å²) in [5.41, 5.74) is 3.28. The summed E-state index contributed by atoms with van der Waals surface area (Å²) < 4.78 is 2.06. The fraction of sp³-hybridized carbons (Fsp3) is 0.471. The molecule has 0 saturated heterocycles. The molecule has 2 aromatic heterocycles. The Morgan fingerprint density at radius 1 is 1.21 bits per heavy atom. The number of hydrogen-bond acceptors (Lipinski definition) is 1. The van der Waals surface area contributed by atoms with Crippen molar-refractivity contribution in [2.45, 2.75) is 45.4 Å². The van der Waals surface area contributed by atoms with Gasteiger partial charge in [0.1, 0.15) is 0 Å². The Bertz CT molecular complexity index is 603. The second-order valence-electron chi connectivity index (χ2n) is 5.98. The monoisotopic (exact) mass is 255 g/mol. The molecule has 1 aliphatic rings. The maximum atomic E-state index is 12.6. The highest BCUT2D eigenvalue weighted by molar-refractivity contribution is 6.04. The first-order valence-corrected chi connectivity index (χ1v) is 7.31. The molecule has 1 aliphatic carbocycles. The average Bonchev–Trinajstić information content (AvgIpc) is 3.06. The number of hydrogen-bond donors (Lipinski definition) is 0. The molecule has 0 unspecified atom stereocenters. The van der Waals surface area contributed by atoms with Gasteiger partial charge in [0, 0.05) is 23.9 Å². The minimum Gasteiger partial charge on any atom is -0.323 e. The fourth-order valence-corrected chi connectivity index (χ4v) is 3.09. The molecule has 1 saturated carbocycles. The molecular formula is C17H21NO. The first-order chi connectivity index (χ1) is 9.16. The highest BCUT2D eigenvalue weighted by atomic mass is 16.1. The summed E-state index contributed by atoms with van der Waals surface area (Å²) >= 11 is 0. The third-order valence-corrected chi connectivity index (χ3v) is 4.34. The molecule has 2 nitrogen and oxygen atoms in total. The van der Waals surface area contributed by atoms with Gasteiger partial charge in [-0.1, -0.05) is 26.7 Å². The van der Waals surface area contributed by atoms with Gasteiger partial charge in [0.05, 0.1) is 5.52 Å². The Balaban J connectivity index is 2.03. The predicted octanol–water partition coefficient (Wildman–Crippen LogP) is 4.44. The van der Waals surface area contributed by atoms with Crippen molar-refractivity contribution >= 4 is 11.3 Å². The van der Waals surface area contributed by atoms with Crippen molar-refractivity contribution in [1.82, 2.24) is 4.40 Å². The van der Waals surface area contributed by atoms with Crippen molar-refractivity contribution in [2.75, 3.05) is 0 Å². The number of aromatic nitrogens is 1. The lowest BCUT2D eigenvalue weighted by atomic mass is 9.96. The van der Waals surface area contributed by atoms with Crippen LogP contribution in [0.2, 0.25) is 0 Å². The van der Waals surface area contributed by atoms with Gasteiger partial charge in [0.25, 0.3) is 0 Å². The first-order valence-electron chi connectivity index (χ1n) is 7.31. The van der Waals surface area contributed by atoms with Crippen LogP contribution >= 0.6 is 0 Å². The molecule has 2 aromatic rings. The molecule has 0 aliphatic heterocycles. The van der Waals surface area contributed by atoms with E-state index in [1.165, 1.54) is 18.4 Å². The molecule has 3 rings (SSSR count). The molecule has 0 bridgehead atoms. The molecular weight excluding hydrogens is 234 g/mol. The van der Waals surface area contributed by atoms with Crippen LogP contribution in [-0.2, 0) is 0 Å². The van der Waals surface area contributed by atoms with Crippen molar-refractivity contribution in [3.05, 3.63) is 41.7 Å². The third kappa shape index (κ3) is 2.20. The SMILES string of the molecule is CC(C)c1ccn2ccc(C(=O)C3CCCC3)c2c1. The lowest BCUT2D eigenvalue weighted by Crippen LogP contribution is -2.10. The van der Waals surface area contributed by atoms with Crippen LogP contribution in [0.15, 0.2) is 30.6 Å². The van der Waals surface area contributed by atoms with E-state index >= 15 is 0 Å². The number of ketones is 1. The topological polar surface area (TPSA) is 21.5 Å². The Hall–Kier alpha value is -1.57. The van der Waals surface area contributed by atoms with E-state index in [9.17, 15) is 4.79 Å². The quantitative estimate of drug-likeness (QED) is 0.743. The van der Waals surface area contributed by atoms with E-state index in [0.29, 0.717) is 11.7 Å². The summed E-state index contributed by atoms with van der Waals surface area (Å²) in [6.45, 7) is 4.38. The maximum Gasteiger partial charge on any atom is 0.168 e. The fourth-order valence-electron chi connectivity index (χ4n) is 3.09. The highest BCUT2D eigenvalue weighted by Gasteiger charge is 2.25. The van der Waals surface area contributed by atoms with Gasteiger partial charge in [-0.15, -0.1) is 0 Å². The number of rotatable bonds is 3. The third-order valence-electron chi connectivity index (χ3n) is 4.34. The van der Waals surface area contributed by atoms with E-state index in [2.05, 4.69) is 36.6 Å². The molecule has 2 heterocycles. The number of carbonyl (C=O) groups is 1. The molecule has 0 N–H and O–H groups in total. The van der Waals surface area contributed by atoms with Gasteiger partial charge >= 0.3 is 0 Å². The Morgan fingerprint density at radius 3 is 2.58 bits per heavy atom. The number of pyridine rings is 1. The summed E-state index contributed by atoms with van der Waals surface area (Å²) in [6, 6.07) is 6.30. The summed E-state index contributed by atoms with van der Waals surface area (Å²) in [5.74, 6) is 1.10. The number of Topliss-reactive ketones (excluding diaryl/α,β-unsaturated/α-hetero) is 1. The maximum absolute atomic E-state index is 12.6. The van der Waals surface area contributed by atoms with Crippen molar-refractivity contribution in [1.29, 1.82) is 0 Å². The first kappa shape index (κ1) is 12.5. The van der Waals surface area contributed by atoms with Crippen molar-refractivity contribution in [3.8, 4) is 0 Å². The van der Waals surface area contributed by atoms with Crippen LogP contribution in [0.1, 0.15) is 61.4 Å². The van der Waals surface area contributed by atoms with E-state index in [1.807, 2.05) is 12.3 Å². The molecule has 0 aromatic carbocycles. The van der Waals surface area contributed by atoms with Crippen LogP contribution < -0.4 is 0 Å². The molecule has 100 valence electrons. The summed E-state index contributed by atoms with van der Waals surface area (Å²) in [7, 11) is 0. The summed E-state index contributed by atoms with van der Waals surface area (Å²) in [6.07, 6.45) is 8.62. The van der Waals surface area contributed by atoms with Crippen LogP contribution in [0.5, 0.6) is 0 Å². The minimum absolute atomic E-state index is 0.258. The van der Waals surface area contributed by atoms with Crippen LogP contribution in [0.25, 0.3) is 5.52 Å². The second-order valence-corrected chi connectivity index (χ2v) is 5.98. The summed E-state index contributed by atoms with van der Waals surface area (Å²) in [5, 5.41) is 0. The normalized spacial score (nSPS) is 16.6. The molecule has 19 heavy (non-hydrogen) atoms. The van der Waals surface area contributed by atoms with E-state index in [0.717, 1.165) is 23.9 Å². The zero-order chi connectivity index (χ0) is 13.4. The van der Waals surface area contributed by atoms with Crippen molar-refractivity contribution in [3.63, 3.8) is 0 Å². The highest BCUT2D eigenvalue weighted by Crippen LogP contribution is 2.30. The van der Waals surface area contributed by atoms with Gasteiger partial charge in [-0.05, 0) is 42.5 Å². The van der Waals surface area contributed by atoms with Crippen LogP contribution in [0.3, 0.4) is 0 Å². The predicted molar refractivity (Wildman–Crippen MR) is 77.8 cm³/mol. The van der Waals surface area contributed by atoms with E-state index in [1.54, 1.807) is 0 Å². The van der Waals surface area contributed by atoms with Crippen molar-refractivity contribution < 1.29 is 4.79 Å². The smallest absolute Gasteiger partial charge is 0.168 e. The van der Waals surface area contributed by atoms with E-state index in [-0.39, 0.29) is 5.92 Å². The largest absolute Gasteiger partial charge is 0.323 e. The zero-order valence-electron chi connectivity index (χ0n) is 11.7. The second kappa shape index (κ2) is 4.84. The summed E-state index contributed by atoms with van der Waals surface area (Å²) in [4.78, 5) is 12.6. The Kier molecular flexibility index (Phi) is 3.17. The number of fused-ring (bicyclic) bond motifs is 1. The van der Waals surface area contributed by atoms with Gasteiger partial charge in [0.2, 0.25) is 0 Å². The van der Waals surface area contributed by atoms with E-state index in [4.69, 9.17) is 0 Å². The van der Waals surface area contributed by atoms with Crippen LogP contribution in [0, 0.1) is 5.92 Å². The minimum atomic E-state index is 0.258.